The summed E-state index contributed by atoms with van der Waals surface area (Å²) in [6.07, 6.45) is 0. The molecule has 1 aromatic carbocycles. The van der Waals surface area contributed by atoms with Crippen LogP contribution in [0.3, 0.4) is 0 Å². The zero-order valence-corrected chi connectivity index (χ0v) is 15.2. The number of hydrogen-bond donors (Lipinski definition) is 0. The van der Waals surface area contributed by atoms with Gasteiger partial charge in [-0.05, 0) is 24.6 Å². The highest BCUT2D eigenvalue weighted by Gasteiger charge is 2.11. The van der Waals surface area contributed by atoms with E-state index in [0.29, 0.717) is 0 Å². The monoisotopic (exact) mass is 293 g/mol. The Hall–Kier alpha value is -1.28. The van der Waals surface area contributed by atoms with Gasteiger partial charge in [-0.2, -0.15) is 0 Å². The van der Waals surface area contributed by atoms with Crippen molar-refractivity contribution in [1.82, 2.24) is 0 Å². The molecule has 0 bridgehead atoms. The van der Waals surface area contributed by atoms with Crippen LogP contribution in [0.2, 0.25) is 0 Å². The summed E-state index contributed by atoms with van der Waals surface area (Å²) in [4.78, 5) is 2.36. The van der Waals surface area contributed by atoms with Gasteiger partial charge in [-0.1, -0.05) is 65.8 Å². The Morgan fingerprint density at radius 1 is 1.00 bits per heavy atom. The summed E-state index contributed by atoms with van der Waals surface area (Å²) in [5.41, 5.74) is 3.61. The minimum absolute atomic E-state index is 0.831. The molecular formula is C19H35NO. The standard InChI is InChI=1S/C13H17NO.3C2H6/c1-11(2)12-4-3-5-13(10-12)14-6-8-15-9-7-14;3*1-2/h3-5,10H,1,6-9H2,2H3;3*1-2H3. The van der Waals surface area contributed by atoms with E-state index in [1.165, 1.54) is 11.3 Å². The van der Waals surface area contributed by atoms with E-state index in [0.717, 1.165) is 31.9 Å². The van der Waals surface area contributed by atoms with Crippen LogP contribution in [0.25, 0.3) is 5.57 Å². The molecule has 2 heteroatoms. The lowest BCUT2D eigenvalue weighted by atomic mass is 10.1. The van der Waals surface area contributed by atoms with E-state index in [1.54, 1.807) is 0 Å². The maximum atomic E-state index is 5.34. The average molecular weight is 293 g/mol. The van der Waals surface area contributed by atoms with Crippen LogP contribution in [-0.4, -0.2) is 26.3 Å². The molecule has 1 fully saturated rings. The lowest BCUT2D eigenvalue weighted by Crippen LogP contribution is -2.36. The quantitative estimate of drug-likeness (QED) is 0.700. The van der Waals surface area contributed by atoms with Gasteiger partial charge in [0.05, 0.1) is 13.2 Å². The number of hydrogen-bond acceptors (Lipinski definition) is 2. The summed E-state index contributed by atoms with van der Waals surface area (Å²) < 4.78 is 5.34. The summed E-state index contributed by atoms with van der Waals surface area (Å²) >= 11 is 0. The van der Waals surface area contributed by atoms with Crippen molar-refractivity contribution in [3.8, 4) is 0 Å². The van der Waals surface area contributed by atoms with Gasteiger partial charge in [-0.3, -0.25) is 0 Å². The Labute approximate surface area is 132 Å². The van der Waals surface area contributed by atoms with E-state index in [-0.39, 0.29) is 0 Å². The third-order valence-corrected chi connectivity index (χ3v) is 2.72. The van der Waals surface area contributed by atoms with Crippen LogP contribution in [0, 0.1) is 0 Å². The minimum atomic E-state index is 0.831. The number of morpholine rings is 1. The van der Waals surface area contributed by atoms with Gasteiger partial charge in [-0.15, -0.1) is 0 Å². The number of ether oxygens (including phenoxy) is 1. The number of nitrogens with zero attached hydrogens (tertiary/aromatic N) is 1. The first kappa shape index (κ1) is 22.0. The Morgan fingerprint density at radius 2 is 1.52 bits per heavy atom. The molecule has 2 rings (SSSR count). The van der Waals surface area contributed by atoms with Gasteiger partial charge >= 0.3 is 0 Å². The largest absolute Gasteiger partial charge is 0.378 e. The molecule has 0 aliphatic carbocycles. The molecule has 1 aliphatic rings. The first-order valence-electron chi connectivity index (χ1n) is 8.36. The van der Waals surface area contributed by atoms with Crippen molar-refractivity contribution in [1.29, 1.82) is 0 Å². The van der Waals surface area contributed by atoms with Crippen LogP contribution < -0.4 is 4.90 Å². The Balaban J connectivity index is 0. The van der Waals surface area contributed by atoms with E-state index in [9.17, 15) is 0 Å². The summed E-state index contributed by atoms with van der Waals surface area (Å²) in [6.45, 7) is 21.6. The van der Waals surface area contributed by atoms with Gasteiger partial charge in [0.2, 0.25) is 0 Å². The molecule has 2 nitrogen and oxygen atoms in total. The van der Waals surface area contributed by atoms with Crippen molar-refractivity contribution in [2.45, 2.75) is 48.5 Å². The zero-order valence-electron chi connectivity index (χ0n) is 15.2. The summed E-state index contributed by atoms with van der Waals surface area (Å²) in [6, 6.07) is 8.55. The van der Waals surface area contributed by atoms with Crippen molar-refractivity contribution < 1.29 is 4.74 Å². The van der Waals surface area contributed by atoms with Crippen molar-refractivity contribution in [2.24, 2.45) is 0 Å². The molecule has 0 spiro atoms. The fraction of sp³-hybridized carbons (Fsp3) is 0.579. The number of rotatable bonds is 2. The van der Waals surface area contributed by atoms with Gasteiger partial charge in [-0.25, -0.2) is 0 Å². The molecule has 0 radical (unpaired) electrons. The molecule has 1 heterocycles. The second-order valence-electron chi connectivity index (χ2n) is 3.93. The molecule has 122 valence electrons. The first-order chi connectivity index (χ1) is 10.3. The van der Waals surface area contributed by atoms with E-state index < -0.39 is 0 Å². The maximum Gasteiger partial charge on any atom is 0.0642 e. The van der Waals surface area contributed by atoms with Crippen molar-refractivity contribution >= 4 is 11.3 Å². The van der Waals surface area contributed by atoms with Crippen LogP contribution in [0.1, 0.15) is 54.0 Å². The molecule has 0 aromatic heterocycles. The summed E-state index contributed by atoms with van der Waals surface area (Å²) in [5, 5.41) is 0. The molecule has 0 amide bonds. The molecule has 0 unspecified atom stereocenters. The number of benzene rings is 1. The topological polar surface area (TPSA) is 12.5 Å². The molecular weight excluding hydrogens is 258 g/mol. The summed E-state index contributed by atoms with van der Waals surface area (Å²) in [5.74, 6) is 0. The average Bonchev–Trinajstić information content (AvgIpc) is 2.61. The van der Waals surface area contributed by atoms with E-state index >= 15 is 0 Å². The minimum Gasteiger partial charge on any atom is -0.378 e. The fourth-order valence-electron chi connectivity index (χ4n) is 1.79. The molecule has 1 aliphatic heterocycles. The SMILES string of the molecule is C=C(C)c1cccc(N2CCOCC2)c1.CC.CC.CC. The normalized spacial score (nSPS) is 12.6. The van der Waals surface area contributed by atoms with E-state index in [1.807, 2.05) is 48.5 Å². The van der Waals surface area contributed by atoms with Crippen molar-refractivity contribution in [3.63, 3.8) is 0 Å². The first-order valence-corrected chi connectivity index (χ1v) is 8.36. The third-order valence-electron chi connectivity index (χ3n) is 2.72. The van der Waals surface area contributed by atoms with Crippen LogP contribution in [0.15, 0.2) is 30.8 Å². The summed E-state index contributed by atoms with van der Waals surface area (Å²) in [7, 11) is 0. The number of allylic oxidation sites excluding steroid dienone is 1. The lowest BCUT2D eigenvalue weighted by molar-refractivity contribution is 0.122. The highest BCUT2D eigenvalue weighted by Crippen LogP contribution is 2.20. The molecule has 21 heavy (non-hydrogen) atoms. The van der Waals surface area contributed by atoms with Crippen molar-refractivity contribution in [2.75, 3.05) is 31.2 Å². The molecule has 1 saturated heterocycles. The molecule has 0 atom stereocenters. The Bertz CT molecular complexity index is 354. The molecule has 1 aromatic rings. The number of anilines is 1. The van der Waals surface area contributed by atoms with Crippen LogP contribution in [0.5, 0.6) is 0 Å². The second-order valence-corrected chi connectivity index (χ2v) is 3.93. The van der Waals surface area contributed by atoms with Crippen molar-refractivity contribution in [3.05, 3.63) is 36.4 Å². The lowest BCUT2D eigenvalue weighted by Gasteiger charge is -2.29. The van der Waals surface area contributed by atoms with Crippen LogP contribution in [0.4, 0.5) is 5.69 Å². The third kappa shape index (κ3) is 8.56. The van der Waals surface area contributed by atoms with Gasteiger partial charge in [0.25, 0.3) is 0 Å². The predicted molar refractivity (Wildman–Crippen MR) is 98.2 cm³/mol. The van der Waals surface area contributed by atoms with Gasteiger partial charge in [0, 0.05) is 18.8 Å². The van der Waals surface area contributed by atoms with Gasteiger partial charge in [0.1, 0.15) is 0 Å². The Kier molecular flexibility index (Phi) is 15.8. The fourth-order valence-corrected chi connectivity index (χ4v) is 1.79. The van der Waals surface area contributed by atoms with Gasteiger partial charge in [0.15, 0.2) is 0 Å². The molecule has 0 N–H and O–H groups in total. The van der Waals surface area contributed by atoms with E-state index in [4.69, 9.17) is 4.74 Å². The van der Waals surface area contributed by atoms with Crippen LogP contribution >= 0.6 is 0 Å². The molecule has 0 saturated carbocycles. The highest BCUT2D eigenvalue weighted by molar-refractivity contribution is 5.66. The predicted octanol–water partition coefficient (Wildman–Crippen LogP) is 5.63. The second kappa shape index (κ2) is 15.1. The maximum absolute atomic E-state index is 5.34. The smallest absolute Gasteiger partial charge is 0.0642 e. The van der Waals surface area contributed by atoms with E-state index in [2.05, 4.69) is 35.7 Å². The van der Waals surface area contributed by atoms with Gasteiger partial charge < -0.3 is 9.64 Å². The zero-order chi connectivity index (χ0) is 16.7. The highest BCUT2D eigenvalue weighted by atomic mass is 16.5. The Morgan fingerprint density at radius 3 is 2.00 bits per heavy atom. The van der Waals surface area contributed by atoms with Crippen LogP contribution in [-0.2, 0) is 4.74 Å².